The van der Waals surface area contributed by atoms with Gasteiger partial charge in [-0.15, -0.1) is 0 Å². The van der Waals surface area contributed by atoms with Crippen LogP contribution in [0.3, 0.4) is 0 Å². The first kappa shape index (κ1) is 15.6. The van der Waals surface area contributed by atoms with Crippen molar-refractivity contribution in [2.75, 3.05) is 0 Å². The molecule has 1 amide bonds. The maximum Gasteiger partial charge on any atom is 0.251 e. The standard InChI is InChI=1S/C19H20N4O2/c24-19(13-4-9-16-17(11-13)22-12-21-16)23-14-5-7-15(8-6-14)25-18-3-1-2-10-20-18/h1-4,9-12,14-15H,5-8H2,(H,21,22)(H,23,24). The summed E-state index contributed by atoms with van der Waals surface area (Å²) in [6, 6.07) is 11.4. The molecule has 2 N–H and O–H groups in total. The van der Waals surface area contributed by atoms with Gasteiger partial charge in [0.25, 0.3) is 5.91 Å². The molecule has 0 unspecified atom stereocenters. The van der Waals surface area contributed by atoms with Gasteiger partial charge in [0, 0.05) is 23.9 Å². The number of carbonyl (C=O) groups is 1. The number of fused-ring (bicyclic) bond motifs is 1. The fraction of sp³-hybridized carbons (Fsp3) is 0.316. The summed E-state index contributed by atoms with van der Waals surface area (Å²) in [6.45, 7) is 0. The third-order valence-corrected chi connectivity index (χ3v) is 4.62. The molecule has 0 spiro atoms. The molecule has 1 aliphatic carbocycles. The summed E-state index contributed by atoms with van der Waals surface area (Å²) >= 11 is 0. The van der Waals surface area contributed by atoms with E-state index >= 15 is 0 Å². The maximum absolute atomic E-state index is 12.5. The number of benzene rings is 1. The molecule has 2 aromatic heterocycles. The summed E-state index contributed by atoms with van der Waals surface area (Å²) in [5.74, 6) is 0.633. The van der Waals surface area contributed by atoms with Crippen LogP contribution in [0, 0.1) is 0 Å². The number of aromatic nitrogens is 3. The van der Waals surface area contributed by atoms with Crippen molar-refractivity contribution in [1.29, 1.82) is 0 Å². The summed E-state index contributed by atoms with van der Waals surface area (Å²) < 4.78 is 5.90. The minimum atomic E-state index is -0.0365. The van der Waals surface area contributed by atoms with Gasteiger partial charge in [-0.3, -0.25) is 4.79 Å². The van der Waals surface area contributed by atoms with Crippen LogP contribution in [0.15, 0.2) is 48.9 Å². The minimum Gasteiger partial charge on any atom is -0.474 e. The number of carbonyl (C=O) groups excluding carboxylic acids is 1. The van der Waals surface area contributed by atoms with Crippen LogP contribution in [0.2, 0.25) is 0 Å². The van der Waals surface area contributed by atoms with Gasteiger partial charge in [0.2, 0.25) is 5.88 Å². The van der Waals surface area contributed by atoms with Crippen molar-refractivity contribution in [3.8, 4) is 5.88 Å². The van der Waals surface area contributed by atoms with Gasteiger partial charge in [0.05, 0.1) is 17.4 Å². The Morgan fingerprint density at radius 3 is 2.80 bits per heavy atom. The smallest absolute Gasteiger partial charge is 0.251 e. The molecule has 0 atom stereocenters. The van der Waals surface area contributed by atoms with E-state index in [1.54, 1.807) is 12.5 Å². The molecule has 4 rings (SSSR count). The zero-order valence-electron chi connectivity index (χ0n) is 13.8. The summed E-state index contributed by atoms with van der Waals surface area (Å²) in [4.78, 5) is 23.9. The van der Waals surface area contributed by atoms with Crippen molar-refractivity contribution < 1.29 is 9.53 Å². The van der Waals surface area contributed by atoms with E-state index in [0.717, 1.165) is 36.7 Å². The Bertz CT molecular complexity index is 854. The fourth-order valence-corrected chi connectivity index (χ4v) is 3.26. The van der Waals surface area contributed by atoms with Crippen molar-refractivity contribution in [3.63, 3.8) is 0 Å². The van der Waals surface area contributed by atoms with E-state index in [1.807, 2.05) is 36.4 Å². The number of imidazole rings is 1. The molecule has 1 saturated carbocycles. The highest BCUT2D eigenvalue weighted by Gasteiger charge is 2.24. The summed E-state index contributed by atoms with van der Waals surface area (Å²) in [5.41, 5.74) is 2.40. The highest BCUT2D eigenvalue weighted by molar-refractivity contribution is 5.97. The third kappa shape index (κ3) is 3.63. The lowest BCUT2D eigenvalue weighted by atomic mass is 9.92. The van der Waals surface area contributed by atoms with E-state index < -0.39 is 0 Å². The molecule has 1 fully saturated rings. The zero-order valence-corrected chi connectivity index (χ0v) is 13.8. The molecule has 0 bridgehead atoms. The number of hydrogen-bond donors (Lipinski definition) is 2. The number of H-pyrrole nitrogens is 1. The number of rotatable bonds is 4. The average Bonchev–Trinajstić information content (AvgIpc) is 3.12. The van der Waals surface area contributed by atoms with Crippen molar-refractivity contribution in [3.05, 3.63) is 54.5 Å². The first-order valence-corrected chi connectivity index (χ1v) is 8.59. The van der Waals surface area contributed by atoms with Crippen LogP contribution in [0.25, 0.3) is 11.0 Å². The molecule has 2 heterocycles. The number of nitrogens with one attached hydrogen (secondary N) is 2. The van der Waals surface area contributed by atoms with Crippen LogP contribution in [-0.2, 0) is 0 Å². The van der Waals surface area contributed by atoms with Crippen molar-refractivity contribution >= 4 is 16.9 Å². The Kier molecular flexibility index (Phi) is 4.33. The Balaban J connectivity index is 1.31. The molecule has 1 aliphatic rings. The first-order chi connectivity index (χ1) is 12.3. The molecule has 3 aromatic rings. The number of nitrogens with zero attached hydrogens (tertiary/aromatic N) is 2. The fourth-order valence-electron chi connectivity index (χ4n) is 3.26. The van der Waals surface area contributed by atoms with Crippen molar-refractivity contribution in [2.45, 2.75) is 37.8 Å². The number of aromatic amines is 1. The van der Waals surface area contributed by atoms with E-state index in [-0.39, 0.29) is 18.1 Å². The second-order valence-corrected chi connectivity index (χ2v) is 6.37. The van der Waals surface area contributed by atoms with Crippen molar-refractivity contribution in [1.82, 2.24) is 20.3 Å². The molecular weight excluding hydrogens is 316 g/mol. The highest BCUT2D eigenvalue weighted by Crippen LogP contribution is 2.23. The molecular formula is C19H20N4O2. The lowest BCUT2D eigenvalue weighted by molar-refractivity contribution is 0.0890. The van der Waals surface area contributed by atoms with Crippen molar-refractivity contribution in [2.24, 2.45) is 0 Å². The largest absolute Gasteiger partial charge is 0.474 e. The van der Waals surface area contributed by atoms with Gasteiger partial charge in [-0.05, 0) is 49.9 Å². The number of amides is 1. The molecule has 0 saturated heterocycles. The molecule has 1 aromatic carbocycles. The molecule has 128 valence electrons. The Labute approximate surface area is 145 Å². The quantitative estimate of drug-likeness (QED) is 0.767. The Hall–Kier alpha value is -2.89. The second kappa shape index (κ2) is 6.93. The molecule has 6 heteroatoms. The van der Waals surface area contributed by atoms with Gasteiger partial charge < -0.3 is 15.0 Å². The predicted molar refractivity (Wildman–Crippen MR) is 94.5 cm³/mol. The van der Waals surface area contributed by atoms with Crippen LogP contribution in [0.4, 0.5) is 0 Å². The van der Waals surface area contributed by atoms with Crippen LogP contribution in [0.5, 0.6) is 5.88 Å². The maximum atomic E-state index is 12.5. The van der Waals surface area contributed by atoms with Crippen LogP contribution in [-0.4, -0.2) is 33.0 Å². The molecule has 6 nitrogen and oxygen atoms in total. The van der Waals surface area contributed by atoms with E-state index in [1.165, 1.54) is 0 Å². The van der Waals surface area contributed by atoms with Gasteiger partial charge in [-0.2, -0.15) is 0 Å². The van der Waals surface area contributed by atoms with Gasteiger partial charge in [-0.1, -0.05) is 6.07 Å². The number of ether oxygens (including phenoxy) is 1. The van der Waals surface area contributed by atoms with Gasteiger partial charge >= 0.3 is 0 Å². The van der Waals surface area contributed by atoms with Crippen LogP contribution >= 0.6 is 0 Å². The third-order valence-electron chi connectivity index (χ3n) is 4.62. The summed E-state index contributed by atoms with van der Waals surface area (Å²) in [6.07, 6.45) is 7.20. The lowest BCUT2D eigenvalue weighted by Crippen LogP contribution is -2.39. The average molecular weight is 336 g/mol. The van der Waals surface area contributed by atoms with Crippen LogP contribution in [0.1, 0.15) is 36.0 Å². The summed E-state index contributed by atoms with van der Waals surface area (Å²) in [5, 5.41) is 3.13. The minimum absolute atomic E-state index is 0.0365. The normalized spacial score (nSPS) is 20.3. The lowest BCUT2D eigenvalue weighted by Gasteiger charge is -2.29. The Morgan fingerprint density at radius 1 is 1.12 bits per heavy atom. The highest BCUT2D eigenvalue weighted by atomic mass is 16.5. The van der Waals surface area contributed by atoms with Gasteiger partial charge in [-0.25, -0.2) is 9.97 Å². The van der Waals surface area contributed by atoms with E-state index in [4.69, 9.17) is 4.74 Å². The molecule has 0 radical (unpaired) electrons. The van der Waals surface area contributed by atoms with E-state index in [0.29, 0.717) is 11.4 Å². The van der Waals surface area contributed by atoms with Crippen LogP contribution < -0.4 is 10.1 Å². The first-order valence-electron chi connectivity index (χ1n) is 8.59. The van der Waals surface area contributed by atoms with Gasteiger partial charge in [0.1, 0.15) is 6.10 Å². The number of hydrogen-bond acceptors (Lipinski definition) is 4. The van der Waals surface area contributed by atoms with E-state index in [9.17, 15) is 4.79 Å². The Morgan fingerprint density at radius 2 is 2.00 bits per heavy atom. The predicted octanol–water partition coefficient (Wildman–Crippen LogP) is 3.08. The zero-order chi connectivity index (χ0) is 17.1. The molecule has 25 heavy (non-hydrogen) atoms. The van der Waals surface area contributed by atoms with Gasteiger partial charge in [0.15, 0.2) is 0 Å². The van der Waals surface area contributed by atoms with E-state index in [2.05, 4.69) is 20.3 Å². The summed E-state index contributed by atoms with van der Waals surface area (Å²) in [7, 11) is 0. The monoisotopic (exact) mass is 336 g/mol. The molecule has 0 aliphatic heterocycles. The number of pyridine rings is 1. The topological polar surface area (TPSA) is 79.9 Å². The second-order valence-electron chi connectivity index (χ2n) is 6.37. The SMILES string of the molecule is O=C(NC1CCC(Oc2ccccn2)CC1)c1ccc2nc[nH]c2c1.